The molecule has 30 heavy (non-hydrogen) atoms. The van der Waals surface area contributed by atoms with Gasteiger partial charge in [-0.2, -0.15) is 0 Å². The van der Waals surface area contributed by atoms with Gasteiger partial charge in [-0.15, -0.1) is 0 Å². The van der Waals surface area contributed by atoms with Crippen LogP contribution >= 0.6 is 0 Å². The summed E-state index contributed by atoms with van der Waals surface area (Å²) in [4.78, 5) is 28.8. The highest BCUT2D eigenvalue weighted by molar-refractivity contribution is 5.94. The molecule has 0 amide bonds. The molecule has 0 aliphatic heterocycles. The minimum atomic E-state index is 0.0308. The van der Waals surface area contributed by atoms with E-state index in [-0.39, 0.29) is 11.2 Å². The number of hydrogen-bond acceptors (Lipinski definition) is 4. The van der Waals surface area contributed by atoms with Gasteiger partial charge in [-0.25, -0.2) is 9.97 Å². The number of benzene rings is 1. The number of nitrogens with one attached hydrogen (secondary N) is 1. The monoisotopic (exact) mass is 398 g/mol. The maximum Gasteiger partial charge on any atom is 0.181 e. The fourth-order valence-electron chi connectivity index (χ4n) is 3.60. The van der Waals surface area contributed by atoms with Gasteiger partial charge in [-0.05, 0) is 53.6 Å². The van der Waals surface area contributed by atoms with Crippen LogP contribution in [0.2, 0.25) is 0 Å². The average Bonchev–Trinajstić information content (AvgIpc) is 3.21. The zero-order valence-electron chi connectivity index (χ0n) is 17.9. The molecule has 4 rings (SSSR count). The highest BCUT2D eigenvalue weighted by Gasteiger charge is 2.16. The molecule has 3 aromatic heterocycles. The van der Waals surface area contributed by atoms with Gasteiger partial charge in [0, 0.05) is 29.8 Å². The Hall–Kier alpha value is -3.34. The second-order valence-corrected chi connectivity index (χ2v) is 8.71. The smallest absolute Gasteiger partial charge is 0.181 e. The summed E-state index contributed by atoms with van der Waals surface area (Å²) >= 11 is 0. The molecule has 3 heterocycles. The van der Waals surface area contributed by atoms with E-state index in [0.29, 0.717) is 18.5 Å². The van der Waals surface area contributed by atoms with Crippen LogP contribution in [0.25, 0.3) is 22.3 Å². The minimum absolute atomic E-state index is 0.0308. The number of Topliss-reactive ketones (excluding diaryl/α,β-unsaturated/α-hetero) is 1. The van der Waals surface area contributed by atoms with E-state index in [1.807, 2.05) is 30.6 Å². The summed E-state index contributed by atoms with van der Waals surface area (Å²) in [5.74, 6) is 0.0729. The number of aromatic nitrogens is 4. The van der Waals surface area contributed by atoms with Crippen LogP contribution in [-0.2, 0) is 11.8 Å². The molecule has 0 fully saturated rings. The predicted octanol–water partition coefficient (Wildman–Crippen LogP) is 5.44. The molecule has 5 heteroatoms. The van der Waals surface area contributed by atoms with Crippen LogP contribution in [0.5, 0.6) is 0 Å². The summed E-state index contributed by atoms with van der Waals surface area (Å²) in [5, 5.41) is 1.00. The third-order valence-corrected chi connectivity index (χ3v) is 5.51. The van der Waals surface area contributed by atoms with Crippen molar-refractivity contribution in [2.45, 2.75) is 46.0 Å². The first-order valence-electron chi connectivity index (χ1n) is 10.2. The molecule has 1 N–H and O–H groups in total. The molecule has 0 saturated carbocycles. The van der Waals surface area contributed by atoms with Crippen molar-refractivity contribution in [2.24, 2.45) is 0 Å². The summed E-state index contributed by atoms with van der Waals surface area (Å²) in [6.07, 6.45) is 6.40. The van der Waals surface area contributed by atoms with Crippen molar-refractivity contribution < 1.29 is 4.79 Å². The van der Waals surface area contributed by atoms with Crippen molar-refractivity contribution in [3.05, 3.63) is 77.5 Å². The Morgan fingerprint density at radius 3 is 2.57 bits per heavy atom. The second kappa shape index (κ2) is 7.82. The van der Waals surface area contributed by atoms with Gasteiger partial charge < -0.3 is 4.98 Å². The lowest BCUT2D eigenvalue weighted by atomic mass is 9.88. The predicted molar refractivity (Wildman–Crippen MR) is 120 cm³/mol. The first-order chi connectivity index (χ1) is 14.3. The summed E-state index contributed by atoms with van der Waals surface area (Å²) in [5.41, 5.74) is 6.81. The number of carbonyl (C=O) groups is 1. The number of ketones is 1. The van der Waals surface area contributed by atoms with Crippen molar-refractivity contribution in [2.75, 3.05) is 0 Å². The molecule has 1 aromatic carbocycles. The lowest BCUT2D eigenvalue weighted by Crippen LogP contribution is -2.12. The Morgan fingerprint density at radius 2 is 1.87 bits per heavy atom. The van der Waals surface area contributed by atoms with E-state index in [1.54, 1.807) is 6.33 Å². The summed E-state index contributed by atoms with van der Waals surface area (Å²) in [7, 11) is 0. The molecular weight excluding hydrogens is 372 g/mol. The molecule has 0 unspecified atom stereocenters. The van der Waals surface area contributed by atoms with Gasteiger partial charge in [-0.3, -0.25) is 9.78 Å². The Morgan fingerprint density at radius 1 is 1.03 bits per heavy atom. The van der Waals surface area contributed by atoms with Gasteiger partial charge in [0.1, 0.15) is 17.7 Å². The normalized spacial score (nSPS) is 11.7. The van der Waals surface area contributed by atoms with Crippen LogP contribution in [0.4, 0.5) is 0 Å². The van der Waals surface area contributed by atoms with Crippen LogP contribution in [-0.4, -0.2) is 25.7 Å². The molecule has 5 nitrogen and oxygen atoms in total. The van der Waals surface area contributed by atoms with Crippen LogP contribution in [0.15, 0.2) is 55.1 Å². The van der Waals surface area contributed by atoms with E-state index < -0.39 is 0 Å². The number of H-pyrrole nitrogens is 1. The van der Waals surface area contributed by atoms with Gasteiger partial charge in [0.15, 0.2) is 5.78 Å². The van der Waals surface area contributed by atoms with Crippen LogP contribution in [0.1, 0.15) is 54.4 Å². The van der Waals surface area contributed by atoms with Crippen LogP contribution in [0.3, 0.4) is 0 Å². The molecular formula is C25H26N4O. The number of hydrogen-bond donors (Lipinski definition) is 1. The number of aromatic amines is 1. The first-order valence-corrected chi connectivity index (χ1v) is 10.2. The average molecular weight is 399 g/mol. The molecule has 0 bridgehead atoms. The second-order valence-electron chi connectivity index (χ2n) is 8.71. The highest BCUT2D eigenvalue weighted by Crippen LogP contribution is 2.27. The Balaban J connectivity index is 1.48. The maximum absolute atomic E-state index is 12.6. The van der Waals surface area contributed by atoms with Crippen molar-refractivity contribution in [3.8, 4) is 11.3 Å². The van der Waals surface area contributed by atoms with Crippen LogP contribution in [0, 0.1) is 6.92 Å². The third kappa shape index (κ3) is 4.01. The van der Waals surface area contributed by atoms with E-state index >= 15 is 0 Å². The Kier molecular flexibility index (Phi) is 5.20. The van der Waals surface area contributed by atoms with E-state index in [4.69, 9.17) is 0 Å². The minimum Gasteiger partial charge on any atom is -0.346 e. The summed E-state index contributed by atoms with van der Waals surface area (Å²) < 4.78 is 0. The van der Waals surface area contributed by atoms with E-state index in [1.165, 1.54) is 0 Å². The molecule has 0 saturated heterocycles. The molecule has 152 valence electrons. The van der Waals surface area contributed by atoms with Gasteiger partial charge in [0.05, 0.1) is 5.69 Å². The fourth-order valence-corrected chi connectivity index (χ4v) is 3.60. The van der Waals surface area contributed by atoms with Crippen molar-refractivity contribution >= 4 is 16.8 Å². The zero-order valence-corrected chi connectivity index (χ0v) is 17.9. The standard InChI is InChI=1S/C25H26N4O/c1-16-13-18(23-20-11-12-26-24(20)29-15-28-23)6-5-17(16)7-10-22(30)21-9-8-19(14-27-21)25(2,3)4/h5-6,8-9,11-15H,7,10H2,1-4H3,(H,26,28,29). The molecule has 0 aliphatic rings. The van der Waals surface area contributed by atoms with Crippen molar-refractivity contribution in [3.63, 3.8) is 0 Å². The Bertz CT molecular complexity index is 1200. The number of fused-ring (bicyclic) bond motifs is 1. The summed E-state index contributed by atoms with van der Waals surface area (Å²) in [6, 6.07) is 12.1. The number of carbonyl (C=O) groups excluding carboxylic acids is 1. The van der Waals surface area contributed by atoms with Crippen LogP contribution < -0.4 is 0 Å². The van der Waals surface area contributed by atoms with Crippen molar-refractivity contribution in [1.29, 1.82) is 0 Å². The quantitative estimate of drug-likeness (QED) is 0.454. The van der Waals surface area contributed by atoms with Gasteiger partial charge in [0.2, 0.25) is 0 Å². The highest BCUT2D eigenvalue weighted by atomic mass is 16.1. The topological polar surface area (TPSA) is 71.5 Å². The van der Waals surface area contributed by atoms with E-state index in [0.717, 1.165) is 39.0 Å². The van der Waals surface area contributed by atoms with E-state index in [2.05, 4.69) is 65.8 Å². The number of nitrogens with zero attached hydrogens (tertiary/aromatic N) is 3. The summed E-state index contributed by atoms with van der Waals surface area (Å²) in [6.45, 7) is 8.50. The number of pyridine rings is 1. The largest absolute Gasteiger partial charge is 0.346 e. The van der Waals surface area contributed by atoms with Gasteiger partial charge in [-0.1, -0.05) is 39.0 Å². The number of rotatable bonds is 5. The maximum atomic E-state index is 12.6. The molecule has 0 spiro atoms. The van der Waals surface area contributed by atoms with Gasteiger partial charge in [0.25, 0.3) is 0 Å². The van der Waals surface area contributed by atoms with Gasteiger partial charge >= 0.3 is 0 Å². The molecule has 0 radical (unpaired) electrons. The fraction of sp³-hybridized carbons (Fsp3) is 0.280. The van der Waals surface area contributed by atoms with E-state index in [9.17, 15) is 4.79 Å². The van der Waals surface area contributed by atoms with Crippen molar-refractivity contribution in [1.82, 2.24) is 19.9 Å². The number of aryl methyl sites for hydroxylation is 2. The SMILES string of the molecule is Cc1cc(-c2ncnc3[nH]ccc23)ccc1CCC(=O)c1ccc(C(C)(C)C)cn1. The molecule has 0 aliphatic carbocycles. The zero-order chi connectivity index (χ0) is 21.3. The lowest BCUT2D eigenvalue weighted by molar-refractivity contribution is 0.0978. The molecule has 4 aromatic rings. The third-order valence-electron chi connectivity index (χ3n) is 5.51. The lowest BCUT2D eigenvalue weighted by Gasteiger charge is -2.18. The molecule has 0 atom stereocenters. The Labute approximate surface area is 176 Å². The first kappa shape index (κ1) is 20.0.